The highest BCUT2D eigenvalue weighted by atomic mass is 32.2. The minimum atomic E-state index is -3.83. The van der Waals surface area contributed by atoms with E-state index in [1.807, 2.05) is 17.7 Å². The molecule has 0 saturated heterocycles. The Hall–Kier alpha value is -2.52. The van der Waals surface area contributed by atoms with Crippen molar-refractivity contribution in [3.05, 3.63) is 41.5 Å². The monoisotopic (exact) mass is 362 g/mol. The van der Waals surface area contributed by atoms with Crippen LogP contribution in [-0.4, -0.2) is 24.3 Å². The van der Waals surface area contributed by atoms with Crippen molar-refractivity contribution in [2.75, 3.05) is 5.32 Å². The number of nitrogens with one attached hydrogen (secondary N) is 2. The fraction of sp³-hybridized carbons (Fsp3) is 0.133. The third kappa shape index (κ3) is 3.36. The normalized spacial score (nSPS) is 11.4. The van der Waals surface area contributed by atoms with E-state index in [1.165, 1.54) is 18.5 Å². The highest BCUT2D eigenvalue weighted by Crippen LogP contribution is 2.29. The first-order chi connectivity index (χ1) is 11.3. The van der Waals surface area contributed by atoms with E-state index in [-0.39, 0.29) is 4.90 Å². The summed E-state index contributed by atoms with van der Waals surface area (Å²) in [5, 5.41) is 4.07. The number of sulfonamides is 1. The fourth-order valence-corrected chi connectivity index (χ4v) is 4.02. The molecule has 3 aromatic rings. The lowest BCUT2D eigenvalue weighted by Gasteiger charge is -2.08. The molecule has 0 atom stereocenters. The second kappa shape index (κ2) is 6.17. The van der Waals surface area contributed by atoms with Crippen LogP contribution in [0, 0.1) is 6.92 Å². The maximum atomic E-state index is 11.9. The molecule has 0 aliphatic rings. The summed E-state index contributed by atoms with van der Waals surface area (Å²) in [5.74, 6) is 0.0234. The van der Waals surface area contributed by atoms with Gasteiger partial charge in [0.05, 0.1) is 10.3 Å². The number of carbonyl (C=O) groups excluding carboxylic acids is 1. The molecule has 0 fully saturated rings. The predicted molar refractivity (Wildman–Crippen MR) is 92.9 cm³/mol. The molecule has 1 amide bonds. The maximum absolute atomic E-state index is 11.9. The van der Waals surface area contributed by atoms with Crippen LogP contribution in [0.4, 0.5) is 11.5 Å². The van der Waals surface area contributed by atoms with E-state index < -0.39 is 15.9 Å². The molecule has 7 nitrogen and oxygen atoms in total. The Morgan fingerprint density at radius 2 is 1.88 bits per heavy atom. The van der Waals surface area contributed by atoms with Gasteiger partial charge in [0.15, 0.2) is 0 Å². The number of amides is 1. The molecule has 2 N–H and O–H groups in total. The van der Waals surface area contributed by atoms with Crippen molar-refractivity contribution in [1.29, 1.82) is 0 Å². The van der Waals surface area contributed by atoms with Gasteiger partial charge in [0.2, 0.25) is 5.91 Å². The molecule has 9 heteroatoms. The summed E-state index contributed by atoms with van der Waals surface area (Å²) in [5.41, 5.74) is 0.681. The second-order valence-electron chi connectivity index (χ2n) is 5.11. The van der Waals surface area contributed by atoms with Gasteiger partial charge in [0.1, 0.15) is 17.0 Å². The van der Waals surface area contributed by atoms with Crippen LogP contribution in [-0.2, 0) is 14.8 Å². The fourth-order valence-electron chi connectivity index (χ4n) is 2.18. The van der Waals surface area contributed by atoms with Crippen LogP contribution in [0.2, 0.25) is 0 Å². The molecule has 0 saturated carbocycles. The highest BCUT2D eigenvalue weighted by molar-refractivity contribution is 7.90. The van der Waals surface area contributed by atoms with E-state index in [9.17, 15) is 13.2 Å². The van der Waals surface area contributed by atoms with Gasteiger partial charge in [0, 0.05) is 17.5 Å². The summed E-state index contributed by atoms with van der Waals surface area (Å²) >= 11 is 1.58. The molecule has 0 radical (unpaired) electrons. The number of aromatic nitrogens is 2. The first-order valence-electron chi connectivity index (χ1n) is 6.97. The Balaban J connectivity index is 1.87. The lowest BCUT2D eigenvalue weighted by Crippen LogP contribution is -2.28. The van der Waals surface area contributed by atoms with Crippen molar-refractivity contribution in [2.45, 2.75) is 18.7 Å². The average Bonchev–Trinajstić information content (AvgIpc) is 2.88. The molecule has 0 bridgehead atoms. The summed E-state index contributed by atoms with van der Waals surface area (Å²) in [6.45, 7) is 3.15. The van der Waals surface area contributed by atoms with Gasteiger partial charge < -0.3 is 5.32 Å². The van der Waals surface area contributed by atoms with E-state index in [2.05, 4.69) is 15.3 Å². The van der Waals surface area contributed by atoms with Crippen LogP contribution < -0.4 is 10.0 Å². The van der Waals surface area contributed by atoms with Crippen molar-refractivity contribution < 1.29 is 13.2 Å². The Morgan fingerprint density at radius 3 is 2.54 bits per heavy atom. The number of thiophene rings is 1. The zero-order valence-corrected chi connectivity index (χ0v) is 14.5. The summed E-state index contributed by atoms with van der Waals surface area (Å²) < 4.78 is 25.8. The Kier molecular flexibility index (Phi) is 4.20. The van der Waals surface area contributed by atoms with Crippen LogP contribution >= 0.6 is 11.3 Å². The van der Waals surface area contributed by atoms with Gasteiger partial charge in [-0.2, -0.15) is 0 Å². The van der Waals surface area contributed by atoms with Gasteiger partial charge >= 0.3 is 0 Å². The second-order valence-corrected chi connectivity index (χ2v) is 8.03. The molecular weight excluding hydrogens is 348 g/mol. The van der Waals surface area contributed by atoms with E-state index >= 15 is 0 Å². The number of fused-ring (bicyclic) bond motifs is 1. The number of hydrogen-bond donors (Lipinski definition) is 2. The molecule has 124 valence electrons. The third-order valence-electron chi connectivity index (χ3n) is 3.16. The van der Waals surface area contributed by atoms with Crippen LogP contribution in [0.25, 0.3) is 10.2 Å². The van der Waals surface area contributed by atoms with E-state index in [4.69, 9.17) is 0 Å². The lowest BCUT2D eigenvalue weighted by molar-refractivity contribution is -0.117. The smallest absolute Gasteiger partial charge is 0.264 e. The van der Waals surface area contributed by atoms with Gasteiger partial charge in [-0.15, -0.1) is 11.3 Å². The first kappa shape index (κ1) is 16.3. The Labute approximate surface area is 142 Å². The number of nitrogens with zero attached hydrogens (tertiary/aromatic N) is 2. The number of aryl methyl sites for hydroxylation is 1. The maximum Gasteiger partial charge on any atom is 0.264 e. The highest BCUT2D eigenvalue weighted by Gasteiger charge is 2.15. The molecule has 0 aliphatic heterocycles. The van der Waals surface area contributed by atoms with Crippen LogP contribution in [0.15, 0.2) is 41.6 Å². The van der Waals surface area contributed by atoms with Gasteiger partial charge in [-0.1, -0.05) is 0 Å². The van der Waals surface area contributed by atoms with Crippen LogP contribution in [0.5, 0.6) is 0 Å². The van der Waals surface area contributed by atoms with Crippen LogP contribution in [0.3, 0.4) is 0 Å². The number of benzene rings is 1. The number of anilines is 2. The summed E-state index contributed by atoms with van der Waals surface area (Å²) in [6.07, 6.45) is 1.48. The SMILES string of the molecule is CC(=O)NS(=O)(=O)c1ccc(Nc2ncnc3sc(C)cc23)cc1. The lowest BCUT2D eigenvalue weighted by atomic mass is 10.3. The van der Waals surface area contributed by atoms with Crippen molar-refractivity contribution in [2.24, 2.45) is 0 Å². The summed E-state index contributed by atoms with van der Waals surface area (Å²) in [7, 11) is -3.83. The van der Waals surface area contributed by atoms with Gasteiger partial charge in [-0.05, 0) is 37.3 Å². The van der Waals surface area contributed by atoms with Gasteiger partial charge in [0.25, 0.3) is 10.0 Å². The quantitative estimate of drug-likeness (QED) is 0.740. The molecule has 2 heterocycles. The summed E-state index contributed by atoms with van der Waals surface area (Å²) in [4.78, 5) is 21.4. The zero-order valence-electron chi connectivity index (χ0n) is 12.9. The Bertz CT molecular complexity index is 1010. The predicted octanol–water partition coefficient (Wildman–Crippen LogP) is 2.57. The molecule has 24 heavy (non-hydrogen) atoms. The summed E-state index contributed by atoms with van der Waals surface area (Å²) in [6, 6.07) is 8.07. The number of rotatable bonds is 4. The third-order valence-corrected chi connectivity index (χ3v) is 5.57. The van der Waals surface area contributed by atoms with E-state index in [1.54, 1.807) is 23.5 Å². The van der Waals surface area contributed by atoms with Crippen molar-refractivity contribution >= 4 is 49.0 Å². The molecule has 0 aliphatic carbocycles. The largest absolute Gasteiger partial charge is 0.340 e. The molecule has 2 aromatic heterocycles. The minimum absolute atomic E-state index is 0.0162. The Morgan fingerprint density at radius 1 is 1.17 bits per heavy atom. The van der Waals surface area contributed by atoms with E-state index in [0.717, 1.165) is 22.0 Å². The topological polar surface area (TPSA) is 101 Å². The average molecular weight is 362 g/mol. The minimum Gasteiger partial charge on any atom is -0.340 e. The van der Waals surface area contributed by atoms with E-state index in [0.29, 0.717) is 11.5 Å². The van der Waals surface area contributed by atoms with Crippen molar-refractivity contribution in [3.63, 3.8) is 0 Å². The zero-order chi connectivity index (χ0) is 17.3. The number of hydrogen-bond acceptors (Lipinski definition) is 7. The first-order valence-corrected chi connectivity index (χ1v) is 9.27. The van der Waals surface area contributed by atoms with Gasteiger partial charge in [-0.25, -0.2) is 23.1 Å². The van der Waals surface area contributed by atoms with Gasteiger partial charge in [-0.3, -0.25) is 4.79 Å². The molecule has 0 unspecified atom stereocenters. The number of carbonyl (C=O) groups is 1. The molecule has 1 aromatic carbocycles. The molecule has 3 rings (SSSR count). The molecule has 0 spiro atoms. The van der Waals surface area contributed by atoms with Crippen molar-refractivity contribution in [1.82, 2.24) is 14.7 Å². The standard InChI is InChI=1S/C15H14N4O3S2/c1-9-7-13-14(16-8-17-15(13)23-9)18-11-3-5-12(6-4-11)24(21,22)19-10(2)20/h3-8H,1-2H3,(H,19,20)(H,16,17,18). The molecular formula is C15H14N4O3S2. The van der Waals surface area contributed by atoms with Crippen LogP contribution in [0.1, 0.15) is 11.8 Å². The van der Waals surface area contributed by atoms with Crippen molar-refractivity contribution in [3.8, 4) is 0 Å².